The molecule has 0 aromatic heterocycles. The molecule has 3 rings (SSSR count). The maximum Gasteiger partial charge on any atom is 0.264 e. The van der Waals surface area contributed by atoms with Gasteiger partial charge in [0.2, 0.25) is 0 Å². The van der Waals surface area contributed by atoms with Crippen LogP contribution in [-0.2, 0) is 19.9 Å². The highest BCUT2D eigenvalue weighted by atomic mass is 79.9. The molecule has 0 radical (unpaired) electrons. The predicted octanol–water partition coefficient (Wildman–Crippen LogP) is 1.51. The quantitative estimate of drug-likeness (QED) is 0.713. The normalized spacial score (nSPS) is 22.2. The Kier molecular flexibility index (Phi) is 5.04. The van der Waals surface area contributed by atoms with E-state index in [0.717, 1.165) is 4.31 Å². The molecule has 0 bridgehead atoms. The Morgan fingerprint density at radius 3 is 2.27 bits per heavy atom. The highest BCUT2D eigenvalue weighted by Gasteiger charge is 2.45. The van der Waals surface area contributed by atoms with Gasteiger partial charge in [-0.15, -0.1) is 0 Å². The minimum Gasteiger partial charge on any atom is -0.508 e. The number of aliphatic hydroxyl groups excluding tert-OH is 1. The summed E-state index contributed by atoms with van der Waals surface area (Å²) in [5, 5.41) is 20.0. The Bertz CT molecular complexity index is 1020. The van der Waals surface area contributed by atoms with Crippen molar-refractivity contribution in [2.24, 2.45) is 0 Å². The van der Waals surface area contributed by atoms with Gasteiger partial charge in [-0.05, 0) is 36.4 Å². The molecule has 1 saturated heterocycles. The van der Waals surface area contributed by atoms with Crippen LogP contribution in [0.5, 0.6) is 5.75 Å². The Balaban J connectivity index is 2.16. The molecule has 0 amide bonds. The third-order valence-electron chi connectivity index (χ3n) is 4.05. The minimum absolute atomic E-state index is 0.0551. The van der Waals surface area contributed by atoms with Gasteiger partial charge in [-0.25, -0.2) is 16.8 Å². The fourth-order valence-corrected chi connectivity index (χ4v) is 6.69. The summed E-state index contributed by atoms with van der Waals surface area (Å²) >= 11 is 3.23. The molecule has 0 saturated carbocycles. The van der Waals surface area contributed by atoms with Crippen LogP contribution in [0, 0.1) is 0 Å². The summed E-state index contributed by atoms with van der Waals surface area (Å²) in [6.07, 6.45) is -1.37. The van der Waals surface area contributed by atoms with E-state index < -0.39 is 43.5 Å². The molecular formula is C16H16BrNO6S2. The smallest absolute Gasteiger partial charge is 0.264 e. The van der Waals surface area contributed by atoms with Crippen LogP contribution < -0.4 is 4.31 Å². The molecule has 1 fully saturated rings. The molecule has 0 unspecified atom stereocenters. The predicted molar refractivity (Wildman–Crippen MR) is 100 cm³/mol. The maximum atomic E-state index is 13.2. The van der Waals surface area contributed by atoms with E-state index in [4.69, 9.17) is 0 Å². The van der Waals surface area contributed by atoms with Crippen molar-refractivity contribution in [3.63, 3.8) is 0 Å². The van der Waals surface area contributed by atoms with E-state index in [2.05, 4.69) is 15.9 Å². The van der Waals surface area contributed by atoms with Crippen LogP contribution in [0.3, 0.4) is 0 Å². The summed E-state index contributed by atoms with van der Waals surface area (Å²) < 4.78 is 51.9. The van der Waals surface area contributed by atoms with Crippen LogP contribution >= 0.6 is 15.9 Å². The SMILES string of the molecule is O=S1(=O)C[C@H](O)[C@@H](N(c2cccc(O)c2)S(=O)(=O)c2ccc(Br)cc2)C1. The van der Waals surface area contributed by atoms with Crippen LogP contribution in [-0.4, -0.2) is 50.7 Å². The van der Waals surface area contributed by atoms with Crippen LogP contribution in [0.25, 0.3) is 0 Å². The van der Waals surface area contributed by atoms with Crippen molar-refractivity contribution in [3.05, 3.63) is 53.0 Å². The second-order valence-corrected chi connectivity index (χ2v) is 10.9. The summed E-state index contributed by atoms with van der Waals surface area (Å²) in [6, 6.07) is 10.2. The van der Waals surface area contributed by atoms with Gasteiger partial charge in [0.15, 0.2) is 9.84 Å². The number of hydrogen-bond donors (Lipinski definition) is 2. The lowest BCUT2D eigenvalue weighted by atomic mass is 10.2. The number of phenols is 1. The first-order chi connectivity index (χ1) is 12.1. The van der Waals surface area contributed by atoms with Gasteiger partial charge in [0, 0.05) is 10.5 Å². The average molecular weight is 462 g/mol. The molecular weight excluding hydrogens is 446 g/mol. The van der Waals surface area contributed by atoms with Gasteiger partial charge in [0.25, 0.3) is 10.0 Å². The van der Waals surface area contributed by atoms with Crippen LogP contribution in [0.4, 0.5) is 5.69 Å². The molecule has 1 aliphatic rings. The molecule has 1 aliphatic heterocycles. The molecule has 140 valence electrons. The molecule has 0 aliphatic carbocycles. The molecule has 2 N–H and O–H groups in total. The number of nitrogens with zero attached hydrogens (tertiary/aromatic N) is 1. The maximum absolute atomic E-state index is 13.2. The van der Waals surface area contributed by atoms with Gasteiger partial charge in [-0.2, -0.15) is 0 Å². The van der Waals surface area contributed by atoms with Gasteiger partial charge < -0.3 is 10.2 Å². The molecule has 1 heterocycles. The zero-order chi connectivity index (χ0) is 19.1. The molecule has 2 aromatic rings. The van der Waals surface area contributed by atoms with Gasteiger partial charge in [-0.3, -0.25) is 4.31 Å². The summed E-state index contributed by atoms with van der Waals surface area (Å²) in [4.78, 5) is -0.0551. The molecule has 2 atom stereocenters. The molecule has 0 spiro atoms. The number of hydrogen-bond acceptors (Lipinski definition) is 6. The molecule has 2 aromatic carbocycles. The Morgan fingerprint density at radius 2 is 1.73 bits per heavy atom. The average Bonchev–Trinajstić information content (AvgIpc) is 2.80. The first-order valence-electron chi connectivity index (χ1n) is 7.58. The zero-order valence-electron chi connectivity index (χ0n) is 13.4. The first kappa shape index (κ1) is 19.2. The number of phenolic OH excluding ortho intramolecular Hbond substituents is 1. The van der Waals surface area contributed by atoms with E-state index in [1.165, 1.54) is 36.4 Å². The third kappa shape index (κ3) is 3.73. The lowest BCUT2D eigenvalue weighted by Crippen LogP contribution is -2.47. The number of sulfonamides is 1. The van der Waals surface area contributed by atoms with E-state index in [9.17, 15) is 27.0 Å². The lowest BCUT2D eigenvalue weighted by molar-refractivity contribution is 0.184. The highest BCUT2D eigenvalue weighted by molar-refractivity contribution is 9.10. The number of rotatable bonds is 4. The fraction of sp³-hybridized carbons (Fsp3) is 0.250. The highest BCUT2D eigenvalue weighted by Crippen LogP contribution is 2.33. The van der Waals surface area contributed by atoms with Crippen molar-refractivity contribution >= 4 is 41.5 Å². The van der Waals surface area contributed by atoms with Crippen LogP contribution in [0.15, 0.2) is 57.9 Å². The number of sulfone groups is 1. The van der Waals surface area contributed by atoms with Crippen molar-refractivity contribution in [1.29, 1.82) is 0 Å². The standard InChI is InChI=1S/C16H16BrNO6S2/c17-11-4-6-14(7-5-11)26(23,24)18(12-2-1-3-13(19)8-12)15-9-25(21,22)10-16(15)20/h1-8,15-16,19-20H,9-10H2/t15-,16-/m0/s1. The Morgan fingerprint density at radius 1 is 1.08 bits per heavy atom. The van der Waals surface area contributed by atoms with Gasteiger partial charge in [-0.1, -0.05) is 22.0 Å². The van der Waals surface area contributed by atoms with Crippen molar-refractivity contribution in [3.8, 4) is 5.75 Å². The van der Waals surface area contributed by atoms with Crippen molar-refractivity contribution < 1.29 is 27.0 Å². The summed E-state index contributed by atoms with van der Waals surface area (Å²) in [5.41, 5.74) is 0.0778. The Labute approximate surface area is 160 Å². The van der Waals surface area contributed by atoms with E-state index >= 15 is 0 Å². The minimum atomic E-state index is -4.18. The molecule has 10 heteroatoms. The van der Waals surface area contributed by atoms with Crippen molar-refractivity contribution in [2.45, 2.75) is 17.0 Å². The third-order valence-corrected chi connectivity index (χ3v) is 8.14. The number of halogens is 1. The second-order valence-electron chi connectivity index (χ2n) is 5.99. The van der Waals surface area contributed by atoms with E-state index in [1.54, 1.807) is 12.1 Å². The number of aromatic hydroxyl groups is 1. The fourth-order valence-electron chi connectivity index (χ4n) is 2.89. The number of anilines is 1. The van der Waals surface area contributed by atoms with Gasteiger partial charge in [0.1, 0.15) is 5.75 Å². The Hall–Kier alpha value is -1.62. The largest absolute Gasteiger partial charge is 0.508 e. The topological polar surface area (TPSA) is 112 Å². The summed E-state index contributed by atoms with van der Waals surface area (Å²) in [5.74, 6) is -1.18. The zero-order valence-corrected chi connectivity index (χ0v) is 16.6. The van der Waals surface area contributed by atoms with Crippen LogP contribution in [0.1, 0.15) is 0 Å². The summed E-state index contributed by atoms with van der Waals surface area (Å²) in [7, 11) is -7.76. The second kappa shape index (κ2) is 6.84. The lowest BCUT2D eigenvalue weighted by Gasteiger charge is -2.31. The van der Waals surface area contributed by atoms with Crippen molar-refractivity contribution in [2.75, 3.05) is 15.8 Å². The first-order valence-corrected chi connectivity index (χ1v) is 11.6. The molecule has 26 heavy (non-hydrogen) atoms. The van der Waals surface area contributed by atoms with Gasteiger partial charge >= 0.3 is 0 Å². The van der Waals surface area contributed by atoms with E-state index in [-0.39, 0.29) is 16.3 Å². The van der Waals surface area contributed by atoms with E-state index in [1.807, 2.05) is 0 Å². The van der Waals surface area contributed by atoms with Crippen molar-refractivity contribution in [1.82, 2.24) is 0 Å². The number of aliphatic hydroxyl groups is 1. The van der Waals surface area contributed by atoms with Gasteiger partial charge in [0.05, 0.1) is 34.2 Å². The van der Waals surface area contributed by atoms with Crippen LogP contribution in [0.2, 0.25) is 0 Å². The monoisotopic (exact) mass is 461 g/mol. The summed E-state index contributed by atoms with van der Waals surface area (Å²) in [6.45, 7) is 0. The number of benzene rings is 2. The van der Waals surface area contributed by atoms with E-state index in [0.29, 0.717) is 4.47 Å². The molecule has 7 nitrogen and oxygen atoms in total.